The highest BCUT2D eigenvalue weighted by Crippen LogP contribution is 2.26. The van der Waals surface area contributed by atoms with Gasteiger partial charge in [-0.05, 0) is 30.1 Å². The maximum atomic E-state index is 12.0. The van der Waals surface area contributed by atoms with Crippen molar-refractivity contribution >= 4 is 11.9 Å². The Morgan fingerprint density at radius 1 is 1.18 bits per heavy atom. The average Bonchev–Trinajstić information content (AvgIpc) is 2.41. The third-order valence-electron chi connectivity index (χ3n) is 4.42. The van der Waals surface area contributed by atoms with Crippen molar-refractivity contribution < 1.29 is 14.7 Å². The van der Waals surface area contributed by atoms with E-state index in [1.54, 1.807) is 0 Å². The molecule has 0 aromatic heterocycles. The molecule has 5 heteroatoms. The SMILES string of the molecule is CCCC(C)C(C)C(CNC(=O)C(N)CC(C)C)CC(=O)O. The van der Waals surface area contributed by atoms with Crippen LogP contribution < -0.4 is 11.1 Å². The maximum Gasteiger partial charge on any atom is 0.303 e. The summed E-state index contributed by atoms with van der Waals surface area (Å²) in [6.45, 7) is 10.8. The quantitative estimate of drug-likeness (QED) is 0.546. The van der Waals surface area contributed by atoms with Gasteiger partial charge in [-0.15, -0.1) is 0 Å². The second-order valence-corrected chi connectivity index (χ2v) is 6.96. The maximum absolute atomic E-state index is 12.0. The average molecular weight is 314 g/mol. The number of hydrogen-bond donors (Lipinski definition) is 3. The van der Waals surface area contributed by atoms with Crippen molar-refractivity contribution in [2.75, 3.05) is 6.54 Å². The third kappa shape index (κ3) is 8.37. The minimum absolute atomic E-state index is 0.0609. The van der Waals surface area contributed by atoms with Gasteiger partial charge >= 0.3 is 5.97 Å². The normalized spacial score (nSPS) is 16.9. The van der Waals surface area contributed by atoms with Crippen molar-refractivity contribution in [3.05, 3.63) is 0 Å². The number of carbonyl (C=O) groups is 2. The molecule has 0 aromatic carbocycles. The summed E-state index contributed by atoms with van der Waals surface area (Å²) in [6.07, 6.45) is 2.86. The lowest BCUT2D eigenvalue weighted by atomic mass is 9.80. The van der Waals surface area contributed by atoms with E-state index in [0.717, 1.165) is 12.8 Å². The lowest BCUT2D eigenvalue weighted by Crippen LogP contribution is -2.44. The van der Waals surface area contributed by atoms with Crippen LogP contribution in [-0.4, -0.2) is 29.6 Å². The van der Waals surface area contributed by atoms with Crippen LogP contribution in [0.4, 0.5) is 0 Å². The molecule has 0 fully saturated rings. The van der Waals surface area contributed by atoms with Gasteiger partial charge < -0.3 is 16.2 Å². The molecule has 1 amide bonds. The molecule has 22 heavy (non-hydrogen) atoms. The molecule has 4 unspecified atom stereocenters. The summed E-state index contributed by atoms with van der Waals surface area (Å²) in [4.78, 5) is 23.1. The summed E-state index contributed by atoms with van der Waals surface area (Å²) >= 11 is 0. The first-order valence-electron chi connectivity index (χ1n) is 8.44. The number of hydrogen-bond acceptors (Lipinski definition) is 3. The zero-order valence-corrected chi connectivity index (χ0v) is 14.8. The van der Waals surface area contributed by atoms with Crippen molar-refractivity contribution in [3.63, 3.8) is 0 Å². The Morgan fingerprint density at radius 2 is 1.77 bits per heavy atom. The summed E-state index contributed by atoms with van der Waals surface area (Å²) in [7, 11) is 0. The van der Waals surface area contributed by atoms with E-state index in [0.29, 0.717) is 24.8 Å². The highest BCUT2D eigenvalue weighted by atomic mass is 16.4. The Hall–Kier alpha value is -1.10. The van der Waals surface area contributed by atoms with Gasteiger partial charge in [-0.3, -0.25) is 9.59 Å². The molecule has 0 aliphatic carbocycles. The van der Waals surface area contributed by atoms with Crippen LogP contribution in [-0.2, 0) is 9.59 Å². The van der Waals surface area contributed by atoms with E-state index < -0.39 is 12.0 Å². The van der Waals surface area contributed by atoms with E-state index in [1.807, 2.05) is 13.8 Å². The molecule has 0 aromatic rings. The first-order valence-corrected chi connectivity index (χ1v) is 8.44. The van der Waals surface area contributed by atoms with E-state index in [-0.39, 0.29) is 24.2 Å². The lowest BCUT2D eigenvalue weighted by Gasteiger charge is -2.28. The van der Waals surface area contributed by atoms with Gasteiger partial charge in [0, 0.05) is 6.54 Å². The van der Waals surface area contributed by atoms with Gasteiger partial charge in [0.15, 0.2) is 0 Å². The Morgan fingerprint density at radius 3 is 2.23 bits per heavy atom. The van der Waals surface area contributed by atoms with E-state index in [9.17, 15) is 9.59 Å². The Balaban J connectivity index is 4.59. The van der Waals surface area contributed by atoms with Gasteiger partial charge in [0.1, 0.15) is 0 Å². The van der Waals surface area contributed by atoms with Crippen LogP contribution in [0.5, 0.6) is 0 Å². The minimum atomic E-state index is -0.818. The molecule has 5 nitrogen and oxygen atoms in total. The number of carboxylic acids is 1. The molecule has 4 N–H and O–H groups in total. The Bertz CT molecular complexity index is 345. The van der Waals surface area contributed by atoms with Gasteiger partial charge in [-0.2, -0.15) is 0 Å². The number of nitrogens with one attached hydrogen (secondary N) is 1. The zero-order chi connectivity index (χ0) is 17.3. The first kappa shape index (κ1) is 20.9. The van der Waals surface area contributed by atoms with E-state index in [2.05, 4.69) is 26.1 Å². The monoisotopic (exact) mass is 314 g/mol. The van der Waals surface area contributed by atoms with Crippen LogP contribution in [0, 0.1) is 23.7 Å². The molecule has 0 aliphatic heterocycles. The second kappa shape index (κ2) is 10.6. The fourth-order valence-corrected chi connectivity index (χ4v) is 2.83. The van der Waals surface area contributed by atoms with Gasteiger partial charge in [-0.25, -0.2) is 0 Å². The Labute approximate surface area is 135 Å². The molecule has 0 rings (SSSR count). The van der Waals surface area contributed by atoms with E-state index >= 15 is 0 Å². The van der Waals surface area contributed by atoms with E-state index in [1.165, 1.54) is 0 Å². The van der Waals surface area contributed by atoms with Crippen LogP contribution in [0.15, 0.2) is 0 Å². The molecule has 4 atom stereocenters. The number of nitrogens with two attached hydrogens (primary N) is 1. The van der Waals surface area contributed by atoms with Crippen LogP contribution in [0.3, 0.4) is 0 Å². The minimum Gasteiger partial charge on any atom is -0.481 e. The summed E-state index contributed by atoms with van der Waals surface area (Å²) in [5, 5.41) is 11.9. The van der Waals surface area contributed by atoms with Crippen molar-refractivity contribution in [1.82, 2.24) is 5.32 Å². The number of carboxylic acid groups (broad SMARTS) is 1. The fraction of sp³-hybridized carbons (Fsp3) is 0.882. The first-order chi connectivity index (χ1) is 10.2. The van der Waals surface area contributed by atoms with Crippen molar-refractivity contribution in [1.29, 1.82) is 0 Å². The molecular formula is C17H34N2O3. The number of carbonyl (C=O) groups excluding carboxylic acids is 1. The smallest absolute Gasteiger partial charge is 0.303 e. The van der Waals surface area contributed by atoms with Crippen LogP contribution in [0.25, 0.3) is 0 Å². The molecule has 0 heterocycles. The van der Waals surface area contributed by atoms with Crippen molar-refractivity contribution in [3.8, 4) is 0 Å². The molecule has 0 saturated carbocycles. The lowest BCUT2D eigenvalue weighted by molar-refractivity contribution is -0.139. The molecule has 0 saturated heterocycles. The summed E-state index contributed by atoms with van der Waals surface area (Å²) in [5.41, 5.74) is 5.86. The highest BCUT2D eigenvalue weighted by molar-refractivity contribution is 5.81. The predicted molar refractivity (Wildman–Crippen MR) is 89.4 cm³/mol. The molecule has 0 radical (unpaired) electrons. The topological polar surface area (TPSA) is 92.4 Å². The molecule has 0 bridgehead atoms. The number of amides is 1. The zero-order valence-electron chi connectivity index (χ0n) is 14.8. The molecule has 0 spiro atoms. The van der Waals surface area contributed by atoms with Crippen LogP contribution in [0.2, 0.25) is 0 Å². The van der Waals surface area contributed by atoms with Crippen LogP contribution in [0.1, 0.15) is 60.3 Å². The van der Waals surface area contributed by atoms with Gasteiger partial charge in [0.05, 0.1) is 12.5 Å². The van der Waals surface area contributed by atoms with Crippen molar-refractivity contribution in [2.24, 2.45) is 29.4 Å². The van der Waals surface area contributed by atoms with Gasteiger partial charge in [0.25, 0.3) is 0 Å². The number of aliphatic carboxylic acids is 1. The van der Waals surface area contributed by atoms with Crippen molar-refractivity contribution in [2.45, 2.75) is 66.3 Å². The predicted octanol–water partition coefficient (Wildman–Crippen LogP) is 2.64. The number of rotatable bonds is 11. The van der Waals surface area contributed by atoms with E-state index in [4.69, 9.17) is 10.8 Å². The largest absolute Gasteiger partial charge is 0.481 e. The molecule has 0 aliphatic rings. The second-order valence-electron chi connectivity index (χ2n) is 6.96. The van der Waals surface area contributed by atoms with Crippen LogP contribution >= 0.6 is 0 Å². The fourth-order valence-electron chi connectivity index (χ4n) is 2.83. The molecule has 130 valence electrons. The third-order valence-corrected chi connectivity index (χ3v) is 4.42. The summed E-state index contributed by atoms with van der Waals surface area (Å²) in [6, 6.07) is -0.520. The van der Waals surface area contributed by atoms with Gasteiger partial charge in [0.2, 0.25) is 5.91 Å². The summed E-state index contributed by atoms with van der Waals surface area (Å²) < 4.78 is 0. The molecular weight excluding hydrogens is 280 g/mol. The highest BCUT2D eigenvalue weighted by Gasteiger charge is 2.26. The standard InChI is InChI=1S/C17H34N2O3/c1-6-7-12(4)13(5)14(9-16(20)21)10-19-17(22)15(18)8-11(2)3/h11-15H,6-10,18H2,1-5H3,(H,19,22)(H,20,21). The van der Waals surface area contributed by atoms with Gasteiger partial charge in [-0.1, -0.05) is 47.5 Å². The summed E-state index contributed by atoms with van der Waals surface area (Å²) in [5.74, 6) is -0.0118. The Kier molecular flexibility index (Phi) is 10.1.